The van der Waals surface area contributed by atoms with E-state index in [9.17, 15) is 4.79 Å². The van der Waals surface area contributed by atoms with Crippen molar-refractivity contribution >= 4 is 5.91 Å². The van der Waals surface area contributed by atoms with Crippen molar-refractivity contribution in [2.24, 2.45) is 7.05 Å². The predicted molar refractivity (Wildman–Crippen MR) is 87.3 cm³/mol. The standard InChI is InChI=1S/C17H19N5O/c1-13-5-4-6-15(9-13)22-12-14(10-19-22)11-20(2)17(23)16-7-8-18-21(16)3/h4-10,12H,11H2,1-3H3. The maximum absolute atomic E-state index is 12.4. The van der Waals surface area contributed by atoms with Gasteiger partial charge in [0.05, 0.1) is 11.9 Å². The summed E-state index contributed by atoms with van der Waals surface area (Å²) in [4.78, 5) is 14.1. The van der Waals surface area contributed by atoms with Crippen LogP contribution in [0.5, 0.6) is 0 Å². The highest BCUT2D eigenvalue weighted by Crippen LogP contribution is 2.12. The Bertz CT molecular complexity index is 833. The molecule has 0 aliphatic carbocycles. The maximum Gasteiger partial charge on any atom is 0.272 e. The van der Waals surface area contributed by atoms with Crippen molar-refractivity contribution in [3.8, 4) is 5.69 Å². The van der Waals surface area contributed by atoms with Gasteiger partial charge in [-0.05, 0) is 30.7 Å². The van der Waals surface area contributed by atoms with Gasteiger partial charge in [0.2, 0.25) is 0 Å². The fourth-order valence-corrected chi connectivity index (χ4v) is 2.48. The van der Waals surface area contributed by atoms with E-state index in [-0.39, 0.29) is 5.91 Å². The molecule has 0 saturated carbocycles. The predicted octanol–water partition coefficient (Wildman–Crippen LogP) is 2.19. The smallest absolute Gasteiger partial charge is 0.272 e. The molecule has 0 radical (unpaired) electrons. The van der Waals surface area contributed by atoms with Crippen LogP contribution in [0.3, 0.4) is 0 Å². The highest BCUT2D eigenvalue weighted by atomic mass is 16.2. The number of benzene rings is 1. The molecule has 0 N–H and O–H groups in total. The molecule has 0 aliphatic heterocycles. The first kappa shape index (κ1) is 15.0. The molecular weight excluding hydrogens is 290 g/mol. The van der Waals surface area contributed by atoms with Crippen LogP contribution in [0.4, 0.5) is 0 Å². The van der Waals surface area contributed by atoms with Gasteiger partial charge in [-0.2, -0.15) is 10.2 Å². The molecule has 2 aromatic heterocycles. The minimum Gasteiger partial charge on any atom is -0.336 e. The van der Waals surface area contributed by atoms with Crippen molar-refractivity contribution in [1.82, 2.24) is 24.5 Å². The molecule has 3 rings (SSSR count). The van der Waals surface area contributed by atoms with Crippen LogP contribution in [-0.4, -0.2) is 37.4 Å². The van der Waals surface area contributed by atoms with Gasteiger partial charge >= 0.3 is 0 Å². The summed E-state index contributed by atoms with van der Waals surface area (Å²) in [5, 5.41) is 8.41. The number of carbonyl (C=O) groups is 1. The van der Waals surface area contributed by atoms with Gasteiger partial charge in [-0.15, -0.1) is 0 Å². The Kier molecular flexibility index (Phi) is 3.97. The number of hydrogen-bond acceptors (Lipinski definition) is 3. The fourth-order valence-electron chi connectivity index (χ4n) is 2.48. The first-order chi connectivity index (χ1) is 11.0. The van der Waals surface area contributed by atoms with Crippen molar-refractivity contribution in [1.29, 1.82) is 0 Å². The fraction of sp³-hybridized carbons (Fsp3) is 0.235. The molecule has 0 atom stereocenters. The third-order valence-electron chi connectivity index (χ3n) is 3.71. The summed E-state index contributed by atoms with van der Waals surface area (Å²) in [5.74, 6) is -0.0618. The van der Waals surface area contributed by atoms with Gasteiger partial charge in [-0.25, -0.2) is 4.68 Å². The first-order valence-electron chi connectivity index (χ1n) is 7.38. The van der Waals surface area contributed by atoms with Gasteiger partial charge in [-0.3, -0.25) is 9.48 Å². The van der Waals surface area contributed by atoms with Crippen LogP contribution in [0.15, 0.2) is 48.9 Å². The molecule has 23 heavy (non-hydrogen) atoms. The van der Waals surface area contributed by atoms with Gasteiger partial charge in [0, 0.05) is 38.6 Å². The topological polar surface area (TPSA) is 56.0 Å². The molecule has 0 spiro atoms. The van der Waals surface area contributed by atoms with E-state index < -0.39 is 0 Å². The van der Waals surface area contributed by atoms with Crippen LogP contribution < -0.4 is 0 Å². The summed E-state index contributed by atoms with van der Waals surface area (Å²) in [6, 6.07) is 9.85. The number of aromatic nitrogens is 4. The van der Waals surface area contributed by atoms with Gasteiger partial charge in [0.15, 0.2) is 0 Å². The molecule has 6 heteroatoms. The van der Waals surface area contributed by atoms with E-state index in [1.807, 2.05) is 36.0 Å². The maximum atomic E-state index is 12.4. The summed E-state index contributed by atoms with van der Waals surface area (Å²) in [6.07, 6.45) is 5.36. The van der Waals surface area contributed by atoms with Crippen molar-refractivity contribution < 1.29 is 4.79 Å². The normalized spacial score (nSPS) is 10.7. The van der Waals surface area contributed by atoms with Crippen LogP contribution in [0.25, 0.3) is 5.69 Å². The van der Waals surface area contributed by atoms with Gasteiger partial charge in [-0.1, -0.05) is 12.1 Å². The van der Waals surface area contributed by atoms with E-state index in [1.165, 1.54) is 5.56 Å². The molecule has 2 heterocycles. The van der Waals surface area contributed by atoms with Crippen molar-refractivity contribution in [2.45, 2.75) is 13.5 Å². The Morgan fingerprint density at radius 2 is 2.09 bits per heavy atom. The monoisotopic (exact) mass is 309 g/mol. The molecule has 0 bridgehead atoms. The van der Waals surface area contributed by atoms with E-state index >= 15 is 0 Å². The Morgan fingerprint density at radius 3 is 2.78 bits per heavy atom. The molecule has 0 fully saturated rings. The van der Waals surface area contributed by atoms with Crippen molar-refractivity contribution in [3.63, 3.8) is 0 Å². The Balaban J connectivity index is 1.74. The molecule has 3 aromatic rings. The van der Waals surface area contributed by atoms with E-state index in [4.69, 9.17) is 0 Å². The largest absolute Gasteiger partial charge is 0.336 e. The zero-order chi connectivity index (χ0) is 16.4. The van der Waals surface area contributed by atoms with Crippen molar-refractivity contribution in [3.05, 3.63) is 65.7 Å². The Labute approximate surface area is 135 Å². The summed E-state index contributed by atoms with van der Waals surface area (Å²) < 4.78 is 3.40. The number of aryl methyl sites for hydroxylation is 2. The summed E-state index contributed by atoms with van der Waals surface area (Å²) in [7, 11) is 3.54. The van der Waals surface area contributed by atoms with E-state index in [0.29, 0.717) is 12.2 Å². The van der Waals surface area contributed by atoms with E-state index in [1.54, 1.807) is 42.1 Å². The molecule has 0 saturated heterocycles. The molecular formula is C17H19N5O. The molecule has 118 valence electrons. The minimum absolute atomic E-state index is 0.0618. The zero-order valence-electron chi connectivity index (χ0n) is 13.5. The second-order valence-corrected chi connectivity index (χ2v) is 5.63. The second-order valence-electron chi connectivity index (χ2n) is 5.63. The van der Waals surface area contributed by atoms with Crippen LogP contribution in [0, 0.1) is 6.92 Å². The highest BCUT2D eigenvalue weighted by Gasteiger charge is 2.16. The number of rotatable bonds is 4. The third kappa shape index (κ3) is 3.15. The lowest BCUT2D eigenvalue weighted by Crippen LogP contribution is -2.27. The van der Waals surface area contributed by atoms with Gasteiger partial charge in [0.25, 0.3) is 5.91 Å². The van der Waals surface area contributed by atoms with Crippen LogP contribution in [0.2, 0.25) is 0 Å². The number of nitrogens with zero attached hydrogens (tertiary/aromatic N) is 5. The highest BCUT2D eigenvalue weighted by molar-refractivity contribution is 5.92. The second kappa shape index (κ2) is 6.08. The van der Waals surface area contributed by atoms with E-state index in [2.05, 4.69) is 16.3 Å². The Morgan fingerprint density at radius 1 is 1.26 bits per heavy atom. The summed E-state index contributed by atoms with van der Waals surface area (Å²) in [5.41, 5.74) is 3.74. The average molecular weight is 309 g/mol. The lowest BCUT2D eigenvalue weighted by atomic mass is 10.2. The van der Waals surface area contributed by atoms with E-state index in [0.717, 1.165) is 11.3 Å². The minimum atomic E-state index is -0.0618. The van der Waals surface area contributed by atoms with Crippen LogP contribution in [-0.2, 0) is 13.6 Å². The summed E-state index contributed by atoms with van der Waals surface area (Å²) >= 11 is 0. The van der Waals surface area contributed by atoms with Crippen LogP contribution >= 0.6 is 0 Å². The Hall–Kier alpha value is -2.89. The quantitative estimate of drug-likeness (QED) is 0.742. The zero-order valence-corrected chi connectivity index (χ0v) is 13.5. The number of amides is 1. The number of hydrogen-bond donors (Lipinski definition) is 0. The third-order valence-corrected chi connectivity index (χ3v) is 3.71. The first-order valence-corrected chi connectivity index (χ1v) is 7.38. The lowest BCUT2D eigenvalue weighted by Gasteiger charge is -2.16. The number of carbonyl (C=O) groups excluding carboxylic acids is 1. The lowest BCUT2D eigenvalue weighted by molar-refractivity contribution is 0.0774. The summed E-state index contributed by atoms with van der Waals surface area (Å²) in [6.45, 7) is 2.55. The molecule has 0 unspecified atom stereocenters. The average Bonchev–Trinajstić information content (AvgIpc) is 3.15. The van der Waals surface area contributed by atoms with Crippen molar-refractivity contribution in [2.75, 3.05) is 7.05 Å². The van der Waals surface area contributed by atoms with Gasteiger partial charge < -0.3 is 4.90 Å². The molecule has 6 nitrogen and oxygen atoms in total. The molecule has 1 amide bonds. The SMILES string of the molecule is Cc1cccc(-n2cc(CN(C)C(=O)c3ccnn3C)cn2)c1. The van der Waals surface area contributed by atoms with Gasteiger partial charge in [0.1, 0.15) is 5.69 Å². The molecule has 1 aromatic carbocycles. The van der Waals surface area contributed by atoms with Crippen LogP contribution in [0.1, 0.15) is 21.6 Å². The molecule has 0 aliphatic rings.